The van der Waals surface area contributed by atoms with Crippen molar-refractivity contribution in [2.24, 2.45) is 0 Å². The predicted octanol–water partition coefficient (Wildman–Crippen LogP) is 0.643. The lowest BCUT2D eigenvalue weighted by molar-refractivity contribution is -0.190. The number of ether oxygens (including phenoxy) is 4. The third kappa shape index (κ3) is 7.17. The van der Waals surface area contributed by atoms with Crippen molar-refractivity contribution in [2.45, 2.75) is 52.9 Å². The van der Waals surface area contributed by atoms with Crippen molar-refractivity contribution in [1.29, 1.82) is 0 Å². The van der Waals surface area contributed by atoms with Gasteiger partial charge in [-0.05, 0) is 0 Å². The monoisotopic (exact) mass is 398 g/mol. The van der Waals surface area contributed by atoms with E-state index >= 15 is 0 Å². The number of esters is 4. The Bertz CT molecular complexity index is 756. The van der Waals surface area contributed by atoms with E-state index in [1.807, 2.05) is 0 Å². The number of ketones is 1. The van der Waals surface area contributed by atoms with Gasteiger partial charge in [0.2, 0.25) is 0 Å². The number of aromatic nitrogens is 2. The fraction of sp³-hybridized carbons (Fsp3) is 0.529. The zero-order valence-electron chi connectivity index (χ0n) is 16.1. The number of hydrogen-bond donors (Lipinski definition) is 1. The lowest BCUT2D eigenvalue weighted by Gasteiger charge is -2.31. The van der Waals surface area contributed by atoms with E-state index in [0.717, 1.165) is 27.7 Å². The van der Waals surface area contributed by atoms with Crippen molar-refractivity contribution in [3.63, 3.8) is 0 Å². The number of nitrogens with zero attached hydrogens (tertiary/aromatic N) is 1. The van der Waals surface area contributed by atoms with Gasteiger partial charge in [-0.15, -0.1) is 0 Å². The van der Waals surface area contributed by atoms with Crippen LogP contribution >= 0.6 is 0 Å². The zero-order valence-corrected chi connectivity index (χ0v) is 16.1. The topological polar surface area (TPSA) is 151 Å². The summed E-state index contributed by atoms with van der Waals surface area (Å²) >= 11 is 0. The first-order valence-electron chi connectivity index (χ1n) is 8.22. The van der Waals surface area contributed by atoms with Crippen LogP contribution in [0.25, 0.3) is 0 Å². The molecule has 0 fully saturated rings. The molecule has 0 aliphatic heterocycles. The smallest absolute Gasteiger partial charge is 0.303 e. The van der Waals surface area contributed by atoms with E-state index in [2.05, 4.69) is 9.97 Å². The number of Topliss-reactive ketones (excluding diaryl/α,β-unsaturated/α-hetero) is 1. The van der Waals surface area contributed by atoms with Crippen molar-refractivity contribution in [1.82, 2.24) is 9.97 Å². The van der Waals surface area contributed by atoms with Crippen LogP contribution in [0.3, 0.4) is 0 Å². The second-order valence-corrected chi connectivity index (χ2v) is 5.80. The molecule has 28 heavy (non-hydrogen) atoms. The molecule has 0 saturated carbocycles. The second kappa shape index (κ2) is 10.2. The number of carbonyl (C=O) groups excluding carboxylic acids is 5. The van der Waals surface area contributed by atoms with Crippen LogP contribution in [0, 0.1) is 0 Å². The summed E-state index contributed by atoms with van der Waals surface area (Å²) in [6.45, 7) is 5.28. The Kier molecular flexibility index (Phi) is 8.29. The molecule has 0 radical (unpaired) electrons. The second-order valence-electron chi connectivity index (χ2n) is 5.80. The lowest BCUT2D eigenvalue weighted by Crippen LogP contribution is -2.43. The molecule has 0 unspecified atom stereocenters. The number of nitrogens with one attached hydrogen (secondary N) is 1. The van der Waals surface area contributed by atoms with Crippen LogP contribution in [-0.4, -0.2) is 58.4 Å². The van der Waals surface area contributed by atoms with Crippen LogP contribution in [0.15, 0.2) is 6.20 Å². The molecule has 0 amide bonds. The van der Waals surface area contributed by atoms with Crippen molar-refractivity contribution in [3.05, 3.63) is 17.7 Å². The van der Waals surface area contributed by atoms with Crippen molar-refractivity contribution < 1.29 is 42.9 Å². The molecular weight excluding hydrogens is 376 g/mol. The lowest BCUT2D eigenvalue weighted by atomic mass is 10.1. The molecule has 0 aromatic carbocycles. The molecule has 0 saturated heterocycles. The summed E-state index contributed by atoms with van der Waals surface area (Å²) in [4.78, 5) is 63.9. The summed E-state index contributed by atoms with van der Waals surface area (Å²) in [7, 11) is 0. The van der Waals surface area contributed by atoms with Gasteiger partial charge in [-0.1, -0.05) is 0 Å². The molecule has 1 aromatic heterocycles. The summed E-state index contributed by atoms with van der Waals surface area (Å²) in [5.74, 6) is -3.32. The highest BCUT2D eigenvalue weighted by atomic mass is 16.6. The Balaban J connectivity index is 3.36. The van der Waals surface area contributed by atoms with Crippen LogP contribution in [0.4, 0.5) is 0 Å². The molecule has 0 bridgehead atoms. The molecule has 1 heterocycles. The van der Waals surface area contributed by atoms with Gasteiger partial charge in [-0.3, -0.25) is 24.0 Å². The van der Waals surface area contributed by atoms with Crippen LogP contribution < -0.4 is 0 Å². The van der Waals surface area contributed by atoms with E-state index in [-0.39, 0.29) is 17.3 Å². The third-order valence-corrected chi connectivity index (χ3v) is 3.26. The molecule has 11 heteroatoms. The largest absolute Gasteiger partial charge is 0.462 e. The fourth-order valence-electron chi connectivity index (χ4n) is 2.28. The van der Waals surface area contributed by atoms with E-state index in [1.165, 1.54) is 13.1 Å². The van der Waals surface area contributed by atoms with Crippen molar-refractivity contribution in [2.75, 3.05) is 6.61 Å². The average Bonchev–Trinajstić information content (AvgIpc) is 3.04. The maximum absolute atomic E-state index is 11.6. The summed E-state index contributed by atoms with van der Waals surface area (Å²) in [6.07, 6.45) is -2.78. The van der Waals surface area contributed by atoms with Gasteiger partial charge >= 0.3 is 23.9 Å². The Labute approximate surface area is 160 Å². The average molecular weight is 398 g/mol. The Morgan fingerprint density at radius 3 is 1.89 bits per heavy atom. The number of rotatable bonds is 9. The van der Waals surface area contributed by atoms with E-state index in [4.69, 9.17) is 18.9 Å². The highest BCUT2D eigenvalue weighted by molar-refractivity contribution is 5.90. The zero-order chi connectivity index (χ0) is 21.4. The highest BCUT2D eigenvalue weighted by Crippen LogP contribution is 2.27. The first kappa shape index (κ1) is 22.8. The van der Waals surface area contributed by atoms with Gasteiger partial charge in [0, 0.05) is 34.6 Å². The predicted molar refractivity (Wildman–Crippen MR) is 90.8 cm³/mol. The SMILES string of the molecule is CC(=O)OC[C@H](OC(C)=O)[C@H](OC(C)=O)[C@@H](OC(C)=O)c1cnc(C(C)=O)[nH]1. The molecule has 0 aliphatic rings. The Morgan fingerprint density at radius 2 is 1.46 bits per heavy atom. The maximum Gasteiger partial charge on any atom is 0.303 e. The maximum atomic E-state index is 11.6. The fourth-order valence-corrected chi connectivity index (χ4v) is 2.28. The minimum Gasteiger partial charge on any atom is -0.462 e. The summed E-state index contributed by atoms with van der Waals surface area (Å²) in [5, 5.41) is 0. The third-order valence-electron chi connectivity index (χ3n) is 3.26. The van der Waals surface area contributed by atoms with Gasteiger partial charge in [0.15, 0.2) is 29.9 Å². The van der Waals surface area contributed by atoms with Gasteiger partial charge in [-0.2, -0.15) is 0 Å². The molecule has 1 aromatic rings. The molecule has 154 valence electrons. The summed E-state index contributed by atoms with van der Waals surface area (Å²) in [6, 6.07) is 0. The minimum absolute atomic E-state index is 0.0160. The molecule has 0 spiro atoms. The number of carbonyl (C=O) groups is 5. The van der Waals surface area contributed by atoms with E-state index in [1.54, 1.807) is 0 Å². The Hall–Kier alpha value is -3.24. The molecule has 11 nitrogen and oxygen atoms in total. The van der Waals surface area contributed by atoms with Gasteiger partial charge in [0.1, 0.15) is 6.61 Å². The van der Waals surface area contributed by atoms with Gasteiger partial charge in [0.25, 0.3) is 0 Å². The molecular formula is C17H22N2O9. The molecule has 0 aliphatic carbocycles. The van der Waals surface area contributed by atoms with Gasteiger partial charge < -0.3 is 23.9 Å². The first-order chi connectivity index (χ1) is 13.0. The molecule has 1 rings (SSSR count). The van der Waals surface area contributed by atoms with Crippen molar-refractivity contribution >= 4 is 29.7 Å². The van der Waals surface area contributed by atoms with E-state index < -0.39 is 48.8 Å². The van der Waals surface area contributed by atoms with E-state index in [9.17, 15) is 24.0 Å². The molecule has 3 atom stereocenters. The van der Waals surface area contributed by atoms with Crippen LogP contribution in [0.5, 0.6) is 0 Å². The Morgan fingerprint density at radius 1 is 0.893 bits per heavy atom. The van der Waals surface area contributed by atoms with Crippen molar-refractivity contribution in [3.8, 4) is 0 Å². The number of H-pyrrole nitrogens is 1. The summed E-state index contributed by atoms with van der Waals surface area (Å²) < 4.78 is 20.4. The highest BCUT2D eigenvalue weighted by Gasteiger charge is 2.40. The van der Waals surface area contributed by atoms with E-state index in [0.29, 0.717) is 0 Å². The van der Waals surface area contributed by atoms with Crippen LogP contribution in [0.1, 0.15) is 57.0 Å². The number of hydrogen-bond acceptors (Lipinski definition) is 10. The van der Waals surface area contributed by atoms with Crippen LogP contribution in [-0.2, 0) is 38.1 Å². The quantitative estimate of drug-likeness (QED) is 0.356. The van der Waals surface area contributed by atoms with Gasteiger partial charge in [-0.25, -0.2) is 4.98 Å². The summed E-state index contributed by atoms with van der Waals surface area (Å²) in [5.41, 5.74) is 0.117. The van der Waals surface area contributed by atoms with Gasteiger partial charge in [0.05, 0.1) is 11.9 Å². The normalized spacial score (nSPS) is 13.6. The standard InChI is InChI=1S/C17H22N2O9/c1-8(20)17-18-6-13(19-17)15(27-11(4)23)16(28-12(5)24)14(26-10(3)22)7-25-9(2)21/h6,14-16H,7H2,1-5H3,(H,18,19)/t14-,15-,16-/m0/s1. The minimum atomic E-state index is -1.38. The first-order valence-corrected chi connectivity index (χ1v) is 8.22. The molecule has 1 N–H and O–H groups in total. The van der Waals surface area contributed by atoms with Crippen LogP contribution in [0.2, 0.25) is 0 Å². The number of aromatic amines is 1. The number of imidazole rings is 1.